The van der Waals surface area contributed by atoms with E-state index in [1.165, 1.54) is 21.2 Å². The van der Waals surface area contributed by atoms with E-state index in [1.54, 1.807) is 0 Å². The van der Waals surface area contributed by atoms with Crippen molar-refractivity contribution in [2.45, 2.75) is 19.9 Å². The van der Waals surface area contributed by atoms with Crippen molar-refractivity contribution >= 4 is 29.4 Å². The first-order chi connectivity index (χ1) is 9.97. The molecule has 0 aromatic carbocycles. The molecule has 1 unspecified atom stereocenters. The van der Waals surface area contributed by atoms with Gasteiger partial charge in [-0.15, -0.1) is 16.9 Å². The summed E-state index contributed by atoms with van der Waals surface area (Å²) in [4.78, 5) is 33.2. The van der Waals surface area contributed by atoms with Crippen LogP contribution in [0.1, 0.15) is 22.0 Å². The van der Waals surface area contributed by atoms with E-state index in [0.29, 0.717) is 17.4 Å². The van der Waals surface area contributed by atoms with Crippen LogP contribution in [-0.4, -0.2) is 59.1 Å². The SMILES string of the molecule is Cc1cc(C)n2nc(C(=O)N3CSCC3C(=O)O)nc2n1. The molecule has 1 aliphatic rings. The van der Waals surface area contributed by atoms with Crippen molar-refractivity contribution in [2.75, 3.05) is 11.6 Å². The molecule has 0 saturated carbocycles. The number of rotatable bonds is 2. The summed E-state index contributed by atoms with van der Waals surface area (Å²) in [6.07, 6.45) is 0. The Kier molecular flexibility index (Phi) is 3.28. The fourth-order valence-electron chi connectivity index (χ4n) is 2.23. The van der Waals surface area contributed by atoms with Crippen LogP contribution in [0.3, 0.4) is 0 Å². The molecular weight excluding hydrogens is 294 g/mol. The molecule has 9 heteroatoms. The molecule has 3 rings (SSSR count). The minimum absolute atomic E-state index is 0.0232. The second-order valence-corrected chi connectivity index (χ2v) is 5.81. The minimum Gasteiger partial charge on any atom is -0.480 e. The van der Waals surface area contributed by atoms with Crippen molar-refractivity contribution in [2.24, 2.45) is 0 Å². The lowest BCUT2D eigenvalue weighted by Gasteiger charge is -2.18. The first-order valence-electron chi connectivity index (χ1n) is 6.30. The van der Waals surface area contributed by atoms with Gasteiger partial charge >= 0.3 is 5.97 Å². The average Bonchev–Trinajstić information content (AvgIpc) is 3.03. The Hall–Kier alpha value is -2.16. The van der Waals surface area contributed by atoms with Crippen molar-refractivity contribution in [1.29, 1.82) is 0 Å². The van der Waals surface area contributed by atoms with Crippen LogP contribution in [0.4, 0.5) is 0 Å². The number of aromatic nitrogens is 4. The fourth-order valence-corrected chi connectivity index (χ4v) is 3.38. The predicted octanol–water partition coefficient (Wildman–Crippen LogP) is 0.341. The Morgan fingerprint density at radius 3 is 2.86 bits per heavy atom. The zero-order valence-corrected chi connectivity index (χ0v) is 12.3. The fraction of sp³-hybridized carbons (Fsp3) is 0.417. The van der Waals surface area contributed by atoms with Crippen LogP contribution in [0.15, 0.2) is 6.07 Å². The van der Waals surface area contributed by atoms with E-state index in [4.69, 9.17) is 5.11 Å². The third-order valence-electron chi connectivity index (χ3n) is 3.24. The number of hydrogen-bond acceptors (Lipinski definition) is 6. The molecule has 1 saturated heterocycles. The third-order valence-corrected chi connectivity index (χ3v) is 4.25. The summed E-state index contributed by atoms with van der Waals surface area (Å²) in [5.74, 6) is -0.460. The van der Waals surface area contributed by atoms with E-state index < -0.39 is 17.9 Å². The summed E-state index contributed by atoms with van der Waals surface area (Å²) in [7, 11) is 0. The molecule has 1 aliphatic heterocycles. The van der Waals surface area contributed by atoms with Crippen LogP contribution < -0.4 is 0 Å². The van der Waals surface area contributed by atoms with E-state index >= 15 is 0 Å². The highest BCUT2D eigenvalue weighted by Gasteiger charge is 2.36. The third kappa shape index (κ3) is 2.33. The number of carboxylic acid groups (broad SMARTS) is 1. The highest BCUT2D eigenvalue weighted by atomic mass is 32.2. The number of thioether (sulfide) groups is 1. The molecule has 0 bridgehead atoms. The lowest BCUT2D eigenvalue weighted by Crippen LogP contribution is -2.42. The molecule has 1 atom stereocenters. The highest BCUT2D eigenvalue weighted by Crippen LogP contribution is 2.22. The number of aryl methyl sites for hydroxylation is 2. The normalized spacial score (nSPS) is 18.4. The summed E-state index contributed by atoms with van der Waals surface area (Å²) in [6, 6.07) is 1.01. The van der Waals surface area contributed by atoms with Crippen LogP contribution in [0.5, 0.6) is 0 Å². The van der Waals surface area contributed by atoms with Gasteiger partial charge in [0.1, 0.15) is 6.04 Å². The molecule has 8 nitrogen and oxygen atoms in total. The standard InChI is InChI=1S/C12H13N5O3S/c1-6-3-7(2)17-12(13-6)14-9(15-17)10(18)16-5-21-4-8(16)11(19)20/h3,8H,4-5H2,1-2H3,(H,19,20). The maximum atomic E-state index is 12.4. The monoisotopic (exact) mass is 307 g/mol. The second kappa shape index (κ2) is 4.99. The van der Waals surface area contributed by atoms with Gasteiger partial charge in [0.05, 0.1) is 5.88 Å². The van der Waals surface area contributed by atoms with Gasteiger partial charge in [-0.2, -0.15) is 4.98 Å². The topological polar surface area (TPSA) is 101 Å². The summed E-state index contributed by atoms with van der Waals surface area (Å²) >= 11 is 1.40. The van der Waals surface area contributed by atoms with Gasteiger partial charge in [0.2, 0.25) is 5.82 Å². The lowest BCUT2D eigenvalue weighted by atomic mass is 10.3. The largest absolute Gasteiger partial charge is 0.480 e. The Labute approximate surface area is 124 Å². The van der Waals surface area contributed by atoms with Gasteiger partial charge in [-0.25, -0.2) is 14.3 Å². The van der Waals surface area contributed by atoms with Gasteiger partial charge in [0.15, 0.2) is 0 Å². The number of aliphatic carboxylic acids is 1. The summed E-state index contributed by atoms with van der Waals surface area (Å²) in [5, 5.41) is 13.3. The van der Waals surface area contributed by atoms with Gasteiger partial charge in [-0.1, -0.05) is 0 Å². The van der Waals surface area contributed by atoms with Crippen molar-refractivity contribution in [3.63, 3.8) is 0 Å². The predicted molar refractivity (Wildman–Crippen MR) is 75.2 cm³/mol. The number of amides is 1. The Morgan fingerprint density at radius 1 is 1.38 bits per heavy atom. The first kappa shape index (κ1) is 13.8. The lowest BCUT2D eigenvalue weighted by molar-refractivity contribution is -0.140. The Balaban J connectivity index is 1.98. The first-order valence-corrected chi connectivity index (χ1v) is 7.45. The molecule has 2 aromatic rings. The number of nitrogens with zero attached hydrogens (tertiary/aromatic N) is 5. The maximum absolute atomic E-state index is 12.4. The molecule has 3 heterocycles. The Bertz CT molecular complexity index is 744. The summed E-state index contributed by atoms with van der Waals surface area (Å²) in [6.45, 7) is 3.68. The Morgan fingerprint density at radius 2 is 2.14 bits per heavy atom. The van der Waals surface area contributed by atoms with Crippen molar-refractivity contribution < 1.29 is 14.7 Å². The number of carbonyl (C=O) groups excluding carboxylic acids is 1. The second-order valence-electron chi connectivity index (χ2n) is 4.81. The highest BCUT2D eigenvalue weighted by molar-refractivity contribution is 7.99. The number of carbonyl (C=O) groups is 2. The summed E-state index contributed by atoms with van der Waals surface area (Å²) in [5.41, 5.74) is 1.60. The maximum Gasteiger partial charge on any atom is 0.327 e. The van der Waals surface area contributed by atoms with Crippen LogP contribution in [0.2, 0.25) is 0 Å². The molecule has 1 amide bonds. The molecule has 0 spiro atoms. The smallest absolute Gasteiger partial charge is 0.327 e. The van der Waals surface area contributed by atoms with E-state index in [2.05, 4.69) is 15.1 Å². The van der Waals surface area contributed by atoms with E-state index in [9.17, 15) is 9.59 Å². The molecule has 2 aromatic heterocycles. The minimum atomic E-state index is -1.01. The molecule has 0 radical (unpaired) electrons. The zero-order valence-electron chi connectivity index (χ0n) is 11.5. The molecule has 0 aliphatic carbocycles. The van der Waals surface area contributed by atoms with Crippen LogP contribution in [-0.2, 0) is 4.79 Å². The van der Waals surface area contributed by atoms with Crippen LogP contribution >= 0.6 is 11.8 Å². The van der Waals surface area contributed by atoms with Gasteiger partial charge in [0.25, 0.3) is 11.7 Å². The van der Waals surface area contributed by atoms with E-state index in [1.807, 2.05) is 19.9 Å². The van der Waals surface area contributed by atoms with E-state index in [-0.39, 0.29) is 5.82 Å². The van der Waals surface area contributed by atoms with Gasteiger partial charge in [0, 0.05) is 17.1 Å². The van der Waals surface area contributed by atoms with Gasteiger partial charge in [-0.05, 0) is 19.9 Å². The van der Waals surface area contributed by atoms with Gasteiger partial charge < -0.3 is 10.0 Å². The van der Waals surface area contributed by atoms with Crippen molar-refractivity contribution in [3.05, 3.63) is 23.3 Å². The average molecular weight is 307 g/mol. The van der Waals surface area contributed by atoms with Crippen molar-refractivity contribution in [1.82, 2.24) is 24.5 Å². The molecule has 1 fully saturated rings. The molecule has 110 valence electrons. The van der Waals surface area contributed by atoms with Crippen LogP contribution in [0.25, 0.3) is 5.78 Å². The summed E-state index contributed by atoms with van der Waals surface area (Å²) < 4.78 is 1.49. The van der Waals surface area contributed by atoms with Crippen molar-refractivity contribution in [3.8, 4) is 0 Å². The van der Waals surface area contributed by atoms with Gasteiger partial charge in [-0.3, -0.25) is 4.79 Å². The quantitative estimate of drug-likeness (QED) is 0.853. The number of carboxylic acids is 1. The van der Waals surface area contributed by atoms with Crippen LogP contribution in [0, 0.1) is 13.8 Å². The number of fused-ring (bicyclic) bond motifs is 1. The molecule has 21 heavy (non-hydrogen) atoms. The molecule has 1 N–H and O–H groups in total. The van der Waals surface area contributed by atoms with E-state index in [0.717, 1.165) is 11.4 Å². The molecular formula is C12H13N5O3S. The zero-order chi connectivity index (χ0) is 15.1. The number of hydrogen-bond donors (Lipinski definition) is 1.